The van der Waals surface area contributed by atoms with Gasteiger partial charge in [-0.1, -0.05) is 11.6 Å². The summed E-state index contributed by atoms with van der Waals surface area (Å²) in [5, 5.41) is 0.518. The van der Waals surface area contributed by atoms with Gasteiger partial charge in [0.1, 0.15) is 5.75 Å². The zero-order valence-electron chi connectivity index (χ0n) is 11.5. The molecule has 4 nitrogen and oxygen atoms in total. The highest BCUT2D eigenvalue weighted by atomic mass is 35.5. The zero-order chi connectivity index (χ0) is 14.2. The molecule has 2 aliphatic heterocycles. The smallest absolute Gasteiger partial charge is 0.253 e. The van der Waals surface area contributed by atoms with Crippen molar-refractivity contribution in [3.8, 4) is 5.75 Å². The second-order valence-corrected chi connectivity index (χ2v) is 5.83. The lowest BCUT2D eigenvalue weighted by Gasteiger charge is -2.47. The third-order valence-corrected chi connectivity index (χ3v) is 4.64. The minimum absolute atomic E-state index is 0.0362. The molecule has 0 N–H and O–H groups in total. The molecule has 0 aliphatic carbocycles. The fourth-order valence-corrected chi connectivity index (χ4v) is 3.07. The van der Waals surface area contributed by atoms with Crippen LogP contribution in [0.15, 0.2) is 18.2 Å². The SMILES string of the molecule is COc1cc(C(=O)N2CCC3(CCO3)CC2)ccc1Cl. The predicted molar refractivity (Wildman–Crippen MR) is 76.4 cm³/mol. The average Bonchev–Trinajstić information content (AvgIpc) is 2.45. The van der Waals surface area contributed by atoms with Crippen LogP contribution in [0.25, 0.3) is 0 Å². The van der Waals surface area contributed by atoms with Gasteiger partial charge in [0.05, 0.1) is 24.3 Å². The van der Waals surface area contributed by atoms with E-state index in [2.05, 4.69) is 0 Å². The Bertz CT molecular complexity index is 518. The third kappa shape index (κ3) is 2.38. The molecular formula is C15H18ClNO3. The highest BCUT2D eigenvalue weighted by Gasteiger charge is 2.42. The number of carbonyl (C=O) groups excluding carboxylic acids is 1. The van der Waals surface area contributed by atoms with Crippen LogP contribution in [-0.2, 0) is 4.74 Å². The molecule has 3 rings (SSSR count). The molecule has 20 heavy (non-hydrogen) atoms. The number of methoxy groups -OCH3 is 1. The number of piperidine rings is 1. The summed E-state index contributed by atoms with van der Waals surface area (Å²) in [5.74, 6) is 0.572. The van der Waals surface area contributed by atoms with Crippen LogP contribution in [0.2, 0.25) is 5.02 Å². The molecule has 2 saturated heterocycles. The van der Waals surface area contributed by atoms with E-state index in [0.29, 0.717) is 16.3 Å². The molecular weight excluding hydrogens is 278 g/mol. The first-order valence-electron chi connectivity index (χ1n) is 6.90. The molecule has 2 fully saturated rings. The van der Waals surface area contributed by atoms with E-state index in [0.717, 1.165) is 39.0 Å². The summed E-state index contributed by atoms with van der Waals surface area (Å²) in [5.41, 5.74) is 0.686. The number of hydrogen-bond acceptors (Lipinski definition) is 3. The van der Waals surface area contributed by atoms with E-state index in [4.69, 9.17) is 21.1 Å². The maximum absolute atomic E-state index is 12.5. The maximum atomic E-state index is 12.5. The third-order valence-electron chi connectivity index (χ3n) is 4.33. The minimum atomic E-state index is 0.0362. The lowest BCUT2D eigenvalue weighted by molar-refractivity contribution is -0.169. The van der Waals surface area contributed by atoms with Crippen molar-refractivity contribution in [2.75, 3.05) is 26.8 Å². The van der Waals surface area contributed by atoms with Gasteiger partial charge in [0.15, 0.2) is 0 Å². The molecule has 2 heterocycles. The van der Waals surface area contributed by atoms with Crippen molar-refractivity contribution in [2.24, 2.45) is 0 Å². The number of rotatable bonds is 2. The molecule has 0 saturated carbocycles. The molecule has 108 valence electrons. The molecule has 0 unspecified atom stereocenters. The van der Waals surface area contributed by atoms with E-state index < -0.39 is 0 Å². The first-order chi connectivity index (χ1) is 9.63. The Kier molecular flexibility index (Phi) is 3.61. The number of nitrogens with zero attached hydrogens (tertiary/aromatic N) is 1. The standard InChI is InChI=1S/C15H18ClNO3/c1-19-13-10-11(2-3-12(13)16)14(18)17-7-4-15(5-8-17)6-9-20-15/h2-3,10H,4-9H2,1H3. The van der Waals surface area contributed by atoms with Crippen LogP contribution in [0.4, 0.5) is 0 Å². The fraction of sp³-hybridized carbons (Fsp3) is 0.533. The van der Waals surface area contributed by atoms with Crippen molar-refractivity contribution in [2.45, 2.75) is 24.9 Å². The Balaban J connectivity index is 1.70. The maximum Gasteiger partial charge on any atom is 0.253 e. The van der Waals surface area contributed by atoms with Gasteiger partial charge in [-0.05, 0) is 37.5 Å². The highest BCUT2D eigenvalue weighted by Crippen LogP contribution is 2.37. The Hall–Kier alpha value is -1.26. The van der Waals surface area contributed by atoms with Gasteiger partial charge in [-0.15, -0.1) is 0 Å². The van der Waals surface area contributed by atoms with Crippen molar-refractivity contribution < 1.29 is 14.3 Å². The van der Waals surface area contributed by atoms with E-state index in [1.165, 1.54) is 0 Å². The number of amides is 1. The van der Waals surface area contributed by atoms with Crippen LogP contribution >= 0.6 is 11.6 Å². The van der Waals surface area contributed by atoms with E-state index >= 15 is 0 Å². The van der Waals surface area contributed by atoms with Crippen LogP contribution in [0.1, 0.15) is 29.6 Å². The Morgan fingerprint density at radius 2 is 2.05 bits per heavy atom. The van der Waals surface area contributed by atoms with Crippen LogP contribution in [0, 0.1) is 0 Å². The van der Waals surface area contributed by atoms with E-state index in [1.807, 2.05) is 4.90 Å². The Labute approximate surface area is 123 Å². The van der Waals surface area contributed by atoms with Crippen LogP contribution < -0.4 is 4.74 Å². The van der Waals surface area contributed by atoms with Gasteiger partial charge in [-0.25, -0.2) is 0 Å². The fourth-order valence-electron chi connectivity index (χ4n) is 2.88. The summed E-state index contributed by atoms with van der Waals surface area (Å²) in [7, 11) is 1.55. The van der Waals surface area contributed by atoms with Gasteiger partial charge >= 0.3 is 0 Å². The average molecular weight is 296 g/mol. The summed E-state index contributed by atoms with van der Waals surface area (Å²) in [6, 6.07) is 5.15. The number of likely N-dealkylation sites (tertiary alicyclic amines) is 1. The quantitative estimate of drug-likeness (QED) is 0.842. The van der Waals surface area contributed by atoms with Crippen LogP contribution in [-0.4, -0.2) is 43.2 Å². The molecule has 0 aromatic heterocycles. The van der Waals surface area contributed by atoms with E-state index in [1.54, 1.807) is 25.3 Å². The number of carbonyl (C=O) groups is 1. The minimum Gasteiger partial charge on any atom is -0.495 e. The number of benzene rings is 1. The molecule has 1 aromatic rings. The number of ether oxygens (including phenoxy) is 2. The van der Waals surface area contributed by atoms with Gasteiger partial charge in [0, 0.05) is 18.7 Å². The summed E-state index contributed by atoms with van der Waals surface area (Å²) in [6.45, 7) is 2.37. The number of halogens is 1. The molecule has 0 atom stereocenters. The molecule has 1 spiro atoms. The predicted octanol–water partition coefficient (Wildman–Crippen LogP) is 2.74. The summed E-state index contributed by atoms with van der Waals surface area (Å²) in [4.78, 5) is 14.4. The van der Waals surface area contributed by atoms with Crippen molar-refractivity contribution in [3.63, 3.8) is 0 Å². The second-order valence-electron chi connectivity index (χ2n) is 5.42. The number of hydrogen-bond donors (Lipinski definition) is 0. The van der Waals surface area contributed by atoms with Crippen molar-refractivity contribution in [1.82, 2.24) is 4.90 Å². The lowest BCUT2D eigenvalue weighted by Crippen LogP contribution is -2.53. The molecule has 0 bridgehead atoms. The first kappa shape index (κ1) is 13.7. The molecule has 1 amide bonds. The second kappa shape index (κ2) is 5.26. The topological polar surface area (TPSA) is 38.8 Å². The summed E-state index contributed by atoms with van der Waals surface area (Å²) < 4.78 is 10.8. The molecule has 5 heteroatoms. The van der Waals surface area contributed by atoms with Gasteiger partial charge in [0.25, 0.3) is 5.91 Å². The van der Waals surface area contributed by atoms with Crippen molar-refractivity contribution in [1.29, 1.82) is 0 Å². The van der Waals surface area contributed by atoms with E-state index in [-0.39, 0.29) is 11.5 Å². The monoisotopic (exact) mass is 295 g/mol. The van der Waals surface area contributed by atoms with E-state index in [9.17, 15) is 4.79 Å². The van der Waals surface area contributed by atoms with Crippen LogP contribution in [0.5, 0.6) is 5.75 Å². The van der Waals surface area contributed by atoms with Crippen molar-refractivity contribution in [3.05, 3.63) is 28.8 Å². The highest BCUT2D eigenvalue weighted by molar-refractivity contribution is 6.32. The molecule has 1 aromatic carbocycles. The van der Waals surface area contributed by atoms with Gasteiger partial charge < -0.3 is 14.4 Å². The van der Waals surface area contributed by atoms with Gasteiger partial charge in [-0.3, -0.25) is 4.79 Å². The zero-order valence-corrected chi connectivity index (χ0v) is 12.3. The summed E-state index contributed by atoms with van der Waals surface area (Å²) >= 11 is 5.98. The molecule has 2 aliphatic rings. The Morgan fingerprint density at radius 3 is 2.60 bits per heavy atom. The Morgan fingerprint density at radius 1 is 1.35 bits per heavy atom. The first-order valence-corrected chi connectivity index (χ1v) is 7.28. The molecule has 0 radical (unpaired) electrons. The van der Waals surface area contributed by atoms with Gasteiger partial charge in [-0.2, -0.15) is 0 Å². The largest absolute Gasteiger partial charge is 0.495 e. The lowest BCUT2D eigenvalue weighted by atomic mass is 9.84. The van der Waals surface area contributed by atoms with Gasteiger partial charge in [0.2, 0.25) is 0 Å². The van der Waals surface area contributed by atoms with Crippen molar-refractivity contribution >= 4 is 17.5 Å². The summed E-state index contributed by atoms with van der Waals surface area (Å²) in [6.07, 6.45) is 3.00. The normalized spacial score (nSPS) is 20.6. The van der Waals surface area contributed by atoms with Crippen LogP contribution in [0.3, 0.4) is 0 Å².